The average molecular weight is 326 g/mol. The monoisotopic (exact) mass is 326 g/mol. The summed E-state index contributed by atoms with van der Waals surface area (Å²) in [4.78, 5) is 0. The molecule has 1 aromatic heterocycles. The van der Waals surface area contributed by atoms with Crippen molar-refractivity contribution in [3.05, 3.63) is 35.4 Å². The third-order valence-electron chi connectivity index (χ3n) is 3.53. The van der Waals surface area contributed by atoms with E-state index in [2.05, 4.69) is 4.74 Å². The Hall–Kier alpha value is -1.95. The number of methoxy groups -OCH3 is 1. The predicted molar refractivity (Wildman–Crippen MR) is 82.0 cm³/mol. The van der Waals surface area contributed by atoms with Crippen LogP contribution in [0.5, 0.6) is 11.5 Å². The SMILES string of the molecule is COc1c(C)ccc2c1sc1c(OC(F)(F)F)c(C)ccc12. The summed E-state index contributed by atoms with van der Waals surface area (Å²) in [6.07, 6.45) is -4.71. The Labute approximate surface area is 129 Å². The summed E-state index contributed by atoms with van der Waals surface area (Å²) in [5.41, 5.74) is 1.39. The Bertz CT molecular complexity index is 865. The second-order valence-electron chi connectivity index (χ2n) is 5.03. The van der Waals surface area contributed by atoms with Gasteiger partial charge in [0.2, 0.25) is 0 Å². The Morgan fingerprint density at radius 2 is 1.36 bits per heavy atom. The van der Waals surface area contributed by atoms with Gasteiger partial charge in [0, 0.05) is 10.8 Å². The van der Waals surface area contributed by atoms with Crippen LogP contribution in [0.2, 0.25) is 0 Å². The molecule has 0 fully saturated rings. The van der Waals surface area contributed by atoms with Crippen LogP contribution < -0.4 is 9.47 Å². The third kappa shape index (κ3) is 2.37. The lowest BCUT2D eigenvalue weighted by molar-refractivity contribution is -0.274. The van der Waals surface area contributed by atoms with Crippen LogP contribution in [0.15, 0.2) is 24.3 Å². The number of hydrogen-bond acceptors (Lipinski definition) is 3. The van der Waals surface area contributed by atoms with Gasteiger partial charge >= 0.3 is 6.36 Å². The molecule has 1 heterocycles. The summed E-state index contributed by atoms with van der Waals surface area (Å²) >= 11 is 1.26. The van der Waals surface area contributed by atoms with Gasteiger partial charge in [-0.2, -0.15) is 0 Å². The van der Waals surface area contributed by atoms with Crippen molar-refractivity contribution in [1.82, 2.24) is 0 Å². The molecule has 3 aromatic rings. The van der Waals surface area contributed by atoms with Crippen LogP contribution in [0.1, 0.15) is 11.1 Å². The first kappa shape index (κ1) is 15.0. The van der Waals surface area contributed by atoms with E-state index in [9.17, 15) is 13.2 Å². The normalized spacial score (nSPS) is 12.1. The van der Waals surface area contributed by atoms with E-state index in [0.29, 0.717) is 16.0 Å². The van der Waals surface area contributed by atoms with Crippen molar-refractivity contribution in [3.8, 4) is 11.5 Å². The van der Waals surface area contributed by atoms with Gasteiger partial charge < -0.3 is 9.47 Å². The molecule has 0 unspecified atom stereocenters. The highest BCUT2D eigenvalue weighted by atomic mass is 32.1. The average Bonchev–Trinajstić information content (AvgIpc) is 2.79. The number of alkyl halides is 3. The van der Waals surface area contributed by atoms with Gasteiger partial charge in [-0.3, -0.25) is 0 Å². The zero-order valence-corrected chi connectivity index (χ0v) is 13.0. The van der Waals surface area contributed by atoms with E-state index in [-0.39, 0.29) is 5.75 Å². The van der Waals surface area contributed by atoms with E-state index in [4.69, 9.17) is 4.74 Å². The first-order valence-electron chi connectivity index (χ1n) is 6.57. The summed E-state index contributed by atoms with van der Waals surface area (Å²) in [5.74, 6) is 0.556. The molecular weight excluding hydrogens is 313 g/mol. The van der Waals surface area contributed by atoms with Gasteiger partial charge in [0.05, 0.1) is 16.5 Å². The minimum Gasteiger partial charge on any atom is -0.495 e. The van der Waals surface area contributed by atoms with Crippen molar-refractivity contribution >= 4 is 31.5 Å². The molecule has 0 aliphatic heterocycles. The van der Waals surface area contributed by atoms with E-state index in [1.165, 1.54) is 11.3 Å². The standard InChI is InChI=1S/C16H13F3O2S/c1-8-4-6-10-11-7-5-9(2)13(21-16(17,18)19)15(11)22-14(10)12(8)20-3/h4-7H,1-3H3. The fourth-order valence-electron chi connectivity index (χ4n) is 2.55. The van der Waals surface area contributed by atoms with E-state index >= 15 is 0 Å². The molecule has 0 spiro atoms. The summed E-state index contributed by atoms with van der Waals surface area (Å²) in [7, 11) is 1.56. The van der Waals surface area contributed by atoms with E-state index < -0.39 is 6.36 Å². The van der Waals surface area contributed by atoms with Crippen LogP contribution in [-0.2, 0) is 0 Å². The van der Waals surface area contributed by atoms with Crippen molar-refractivity contribution in [3.63, 3.8) is 0 Å². The topological polar surface area (TPSA) is 18.5 Å². The molecule has 0 aliphatic carbocycles. The van der Waals surface area contributed by atoms with Gasteiger partial charge in [-0.05, 0) is 25.0 Å². The number of hydrogen-bond donors (Lipinski definition) is 0. The largest absolute Gasteiger partial charge is 0.573 e. The van der Waals surface area contributed by atoms with E-state index in [0.717, 1.165) is 21.0 Å². The molecule has 0 amide bonds. The predicted octanol–water partition coefficient (Wildman–Crippen LogP) is 5.58. The molecule has 6 heteroatoms. The smallest absolute Gasteiger partial charge is 0.495 e. The number of rotatable bonds is 2. The molecule has 0 saturated heterocycles. The van der Waals surface area contributed by atoms with Gasteiger partial charge in [-0.15, -0.1) is 24.5 Å². The second-order valence-corrected chi connectivity index (χ2v) is 6.05. The summed E-state index contributed by atoms with van der Waals surface area (Å²) < 4.78 is 49.0. The maximum Gasteiger partial charge on any atom is 0.573 e. The molecule has 0 saturated carbocycles. The zero-order valence-electron chi connectivity index (χ0n) is 12.2. The molecule has 2 nitrogen and oxygen atoms in total. The van der Waals surface area contributed by atoms with Crippen molar-refractivity contribution in [2.24, 2.45) is 0 Å². The summed E-state index contributed by atoms with van der Waals surface area (Å²) in [6.45, 7) is 3.51. The number of ether oxygens (including phenoxy) is 2. The van der Waals surface area contributed by atoms with Crippen molar-refractivity contribution in [2.75, 3.05) is 7.11 Å². The van der Waals surface area contributed by atoms with Crippen LogP contribution in [-0.4, -0.2) is 13.5 Å². The molecule has 22 heavy (non-hydrogen) atoms. The van der Waals surface area contributed by atoms with Crippen LogP contribution in [0.25, 0.3) is 20.2 Å². The molecule has 0 radical (unpaired) electrons. The summed E-state index contributed by atoms with van der Waals surface area (Å²) in [6, 6.07) is 7.26. The minimum absolute atomic E-state index is 0.133. The van der Waals surface area contributed by atoms with Gasteiger partial charge in [-0.25, -0.2) is 0 Å². The van der Waals surface area contributed by atoms with Gasteiger partial charge in [0.1, 0.15) is 11.5 Å². The Balaban J connectivity index is 2.38. The number of halogens is 3. The number of aryl methyl sites for hydroxylation is 2. The molecule has 0 bridgehead atoms. The van der Waals surface area contributed by atoms with E-state index in [1.807, 2.05) is 25.1 Å². The van der Waals surface area contributed by atoms with Crippen molar-refractivity contribution < 1.29 is 22.6 Å². The quantitative estimate of drug-likeness (QED) is 0.612. The Morgan fingerprint density at radius 3 is 1.86 bits per heavy atom. The van der Waals surface area contributed by atoms with Crippen LogP contribution in [0.3, 0.4) is 0 Å². The van der Waals surface area contributed by atoms with Gasteiger partial charge in [-0.1, -0.05) is 24.3 Å². The third-order valence-corrected chi connectivity index (χ3v) is 4.75. The highest BCUT2D eigenvalue weighted by molar-refractivity contribution is 7.26. The van der Waals surface area contributed by atoms with Crippen LogP contribution in [0, 0.1) is 13.8 Å². The van der Waals surface area contributed by atoms with Crippen LogP contribution in [0.4, 0.5) is 13.2 Å². The molecule has 0 atom stereocenters. The molecule has 3 rings (SSSR count). The first-order valence-corrected chi connectivity index (χ1v) is 7.38. The Morgan fingerprint density at radius 1 is 0.864 bits per heavy atom. The van der Waals surface area contributed by atoms with Crippen molar-refractivity contribution in [1.29, 1.82) is 0 Å². The van der Waals surface area contributed by atoms with Gasteiger partial charge in [0.15, 0.2) is 0 Å². The maximum absolute atomic E-state index is 12.7. The lowest BCUT2D eigenvalue weighted by Gasteiger charge is -2.12. The first-order chi connectivity index (χ1) is 10.3. The minimum atomic E-state index is -4.71. The molecule has 0 N–H and O–H groups in total. The summed E-state index contributed by atoms with van der Waals surface area (Å²) in [5, 5.41) is 1.61. The highest BCUT2D eigenvalue weighted by Gasteiger charge is 2.33. The molecule has 116 valence electrons. The lowest BCUT2D eigenvalue weighted by atomic mass is 10.1. The number of benzene rings is 2. The molecule has 2 aromatic carbocycles. The van der Waals surface area contributed by atoms with Crippen molar-refractivity contribution in [2.45, 2.75) is 20.2 Å². The number of fused-ring (bicyclic) bond motifs is 3. The van der Waals surface area contributed by atoms with Gasteiger partial charge in [0.25, 0.3) is 0 Å². The molecule has 0 aliphatic rings. The lowest BCUT2D eigenvalue weighted by Crippen LogP contribution is -2.17. The molecular formula is C16H13F3O2S. The zero-order chi connectivity index (χ0) is 16.1. The highest BCUT2D eigenvalue weighted by Crippen LogP contribution is 2.46. The van der Waals surface area contributed by atoms with Crippen LogP contribution >= 0.6 is 11.3 Å². The second kappa shape index (κ2) is 5.05. The Kier molecular flexibility index (Phi) is 3.44. The van der Waals surface area contributed by atoms with E-state index in [1.54, 1.807) is 20.1 Å². The maximum atomic E-state index is 12.7. The fraction of sp³-hybridized carbons (Fsp3) is 0.250. The fourth-order valence-corrected chi connectivity index (χ4v) is 3.96. The number of thiophene rings is 1.